The Bertz CT molecular complexity index is 248. The Labute approximate surface area is 96.6 Å². The quantitative estimate of drug-likeness (QED) is 0.730. The molecule has 1 atom stereocenters. The van der Waals surface area contributed by atoms with Crippen molar-refractivity contribution in [3.63, 3.8) is 0 Å². The number of amides is 3. The number of carbonyl (C=O) groups excluding carboxylic acids is 2. The molecule has 1 aliphatic rings. The number of urea groups is 1. The standard InChI is InChI=1S/C11H21N3O2/c1-9(10(15)13-11(16)12-2)14-7-5-3-4-6-8-14/h9H,3-8H2,1-2H3,(H2,12,13,15,16)/t9-/m1/s1. The van der Waals surface area contributed by atoms with Gasteiger partial charge in [0.2, 0.25) is 5.91 Å². The number of hydrogen-bond donors (Lipinski definition) is 2. The van der Waals surface area contributed by atoms with Crippen molar-refractivity contribution in [1.29, 1.82) is 0 Å². The minimum atomic E-state index is -0.438. The van der Waals surface area contributed by atoms with Crippen LogP contribution in [0, 0.1) is 0 Å². The minimum Gasteiger partial charge on any atom is -0.341 e. The lowest BCUT2D eigenvalue weighted by Crippen LogP contribution is -2.49. The Kier molecular flexibility index (Phi) is 5.25. The number of nitrogens with zero attached hydrogens (tertiary/aromatic N) is 1. The molecule has 1 saturated heterocycles. The van der Waals surface area contributed by atoms with Crippen LogP contribution in [0.1, 0.15) is 32.6 Å². The highest BCUT2D eigenvalue weighted by Gasteiger charge is 2.22. The fourth-order valence-corrected chi connectivity index (χ4v) is 1.93. The first-order valence-corrected chi connectivity index (χ1v) is 5.91. The third-order valence-electron chi connectivity index (χ3n) is 3.03. The summed E-state index contributed by atoms with van der Waals surface area (Å²) in [5.41, 5.74) is 0. The van der Waals surface area contributed by atoms with Crippen molar-refractivity contribution in [2.75, 3.05) is 20.1 Å². The molecule has 16 heavy (non-hydrogen) atoms. The van der Waals surface area contributed by atoms with E-state index in [9.17, 15) is 9.59 Å². The van der Waals surface area contributed by atoms with Crippen LogP contribution in [0.4, 0.5) is 4.79 Å². The van der Waals surface area contributed by atoms with Gasteiger partial charge in [-0.1, -0.05) is 12.8 Å². The molecule has 2 N–H and O–H groups in total. The van der Waals surface area contributed by atoms with Crippen LogP contribution in [0.3, 0.4) is 0 Å². The first-order chi connectivity index (χ1) is 7.65. The topological polar surface area (TPSA) is 61.4 Å². The van der Waals surface area contributed by atoms with Gasteiger partial charge < -0.3 is 5.32 Å². The van der Waals surface area contributed by atoms with Crippen LogP contribution in [-0.2, 0) is 4.79 Å². The summed E-state index contributed by atoms with van der Waals surface area (Å²) < 4.78 is 0. The van der Waals surface area contributed by atoms with Gasteiger partial charge in [-0.3, -0.25) is 15.0 Å². The molecular formula is C11H21N3O2. The van der Waals surface area contributed by atoms with Crippen molar-refractivity contribution in [1.82, 2.24) is 15.5 Å². The lowest BCUT2D eigenvalue weighted by atomic mass is 10.2. The molecule has 0 aromatic heterocycles. The fraction of sp³-hybridized carbons (Fsp3) is 0.818. The number of nitrogens with one attached hydrogen (secondary N) is 2. The van der Waals surface area contributed by atoms with E-state index in [4.69, 9.17) is 0 Å². The van der Waals surface area contributed by atoms with Gasteiger partial charge in [0.25, 0.3) is 0 Å². The van der Waals surface area contributed by atoms with Crippen LogP contribution in [0.15, 0.2) is 0 Å². The SMILES string of the molecule is CNC(=O)NC(=O)[C@@H](C)N1CCCCCC1. The Hall–Kier alpha value is -1.10. The average molecular weight is 227 g/mol. The van der Waals surface area contributed by atoms with Crippen molar-refractivity contribution in [2.45, 2.75) is 38.6 Å². The molecular weight excluding hydrogens is 206 g/mol. The minimum absolute atomic E-state index is 0.221. The van der Waals surface area contributed by atoms with E-state index < -0.39 is 6.03 Å². The van der Waals surface area contributed by atoms with Gasteiger partial charge in [0.15, 0.2) is 0 Å². The molecule has 0 unspecified atom stereocenters. The van der Waals surface area contributed by atoms with Crippen LogP contribution in [0.5, 0.6) is 0 Å². The van der Waals surface area contributed by atoms with E-state index in [2.05, 4.69) is 15.5 Å². The van der Waals surface area contributed by atoms with E-state index in [1.54, 1.807) is 0 Å². The highest BCUT2D eigenvalue weighted by molar-refractivity contribution is 5.96. The number of likely N-dealkylation sites (tertiary alicyclic amines) is 1. The largest absolute Gasteiger partial charge is 0.341 e. The van der Waals surface area contributed by atoms with Gasteiger partial charge in [-0.15, -0.1) is 0 Å². The number of hydrogen-bond acceptors (Lipinski definition) is 3. The van der Waals surface area contributed by atoms with Crippen LogP contribution in [0.2, 0.25) is 0 Å². The molecule has 0 aliphatic carbocycles. The molecule has 5 heteroatoms. The van der Waals surface area contributed by atoms with E-state index in [0.29, 0.717) is 0 Å². The Balaban J connectivity index is 2.44. The van der Waals surface area contributed by atoms with Crippen molar-refractivity contribution in [3.05, 3.63) is 0 Å². The molecule has 5 nitrogen and oxygen atoms in total. The van der Waals surface area contributed by atoms with E-state index >= 15 is 0 Å². The number of rotatable bonds is 2. The Morgan fingerprint density at radius 1 is 1.12 bits per heavy atom. The van der Waals surface area contributed by atoms with Crippen molar-refractivity contribution < 1.29 is 9.59 Å². The second-order valence-corrected chi connectivity index (χ2v) is 4.19. The van der Waals surface area contributed by atoms with Gasteiger partial charge in [0, 0.05) is 7.05 Å². The highest BCUT2D eigenvalue weighted by Crippen LogP contribution is 2.12. The van der Waals surface area contributed by atoms with E-state index in [0.717, 1.165) is 25.9 Å². The van der Waals surface area contributed by atoms with E-state index in [1.165, 1.54) is 19.9 Å². The van der Waals surface area contributed by atoms with Gasteiger partial charge in [0.1, 0.15) is 0 Å². The molecule has 0 saturated carbocycles. The molecule has 1 rings (SSSR count). The van der Waals surface area contributed by atoms with Gasteiger partial charge in [-0.2, -0.15) is 0 Å². The van der Waals surface area contributed by atoms with Gasteiger partial charge in [0.05, 0.1) is 6.04 Å². The molecule has 0 bridgehead atoms. The maximum atomic E-state index is 11.7. The second-order valence-electron chi connectivity index (χ2n) is 4.19. The smallest absolute Gasteiger partial charge is 0.321 e. The van der Waals surface area contributed by atoms with Crippen molar-refractivity contribution in [3.8, 4) is 0 Å². The van der Waals surface area contributed by atoms with Gasteiger partial charge in [-0.25, -0.2) is 4.79 Å². The maximum Gasteiger partial charge on any atom is 0.321 e. The first kappa shape index (κ1) is 13.0. The monoisotopic (exact) mass is 227 g/mol. The van der Waals surface area contributed by atoms with Crippen molar-refractivity contribution in [2.24, 2.45) is 0 Å². The summed E-state index contributed by atoms with van der Waals surface area (Å²) in [5.74, 6) is -0.221. The lowest BCUT2D eigenvalue weighted by molar-refractivity contribution is -0.124. The van der Waals surface area contributed by atoms with Crippen LogP contribution in [0.25, 0.3) is 0 Å². The van der Waals surface area contributed by atoms with Crippen LogP contribution >= 0.6 is 0 Å². The maximum absolute atomic E-state index is 11.7. The molecule has 0 spiro atoms. The zero-order chi connectivity index (χ0) is 12.0. The predicted molar refractivity (Wildman–Crippen MR) is 62.1 cm³/mol. The molecule has 92 valence electrons. The average Bonchev–Trinajstić information content (AvgIpc) is 2.56. The van der Waals surface area contributed by atoms with Gasteiger partial charge >= 0.3 is 6.03 Å². The second kappa shape index (κ2) is 6.48. The summed E-state index contributed by atoms with van der Waals surface area (Å²) >= 11 is 0. The first-order valence-electron chi connectivity index (χ1n) is 5.91. The summed E-state index contributed by atoms with van der Waals surface area (Å²) in [5, 5.41) is 4.69. The highest BCUT2D eigenvalue weighted by atomic mass is 16.2. The molecule has 1 aliphatic heterocycles. The molecule has 0 aromatic rings. The third-order valence-corrected chi connectivity index (χ3v) is 3.03. The summed E-state index contributed by atoms with van der Waals surface area (Å²) in [6, 6.07) is -0.665. The molecule has 0 aromatic carbocycles. The molecule has 3 amide bonds. The van der Waals surface area contributed by atoms with Gasteiger partial charge in [-0.05, 0) is 32.9 Å². The summed E-state index contributed by atoms with van der Waals surface area (Å²) in [6.07, 6.45) is 4.75. The zero-order valence-electron chi connectivity index (χ0n) is 10.1. The molecule has 0 radical (unpaired) electrons. The zero-order valence-corrected chi connectivity index (χ0v) is 10.1. The molecule has 1 fully saturated rings. The summed E-state index contributed by atoms with van der Waals surface area (Å²) in [7, 11) is 1.50. The number of carbonyl (C=O) groups is 2. The summed E-state index contributed by atoms with van der Waals surface area (Å²) in [6.45, 7) is 3.74. The van der Waals surface area contributed by atoms with Crippen LogP contribution in [-0.4, -0.2) is 43.0 Å². The summed E-state index contributed by atoms with van der Waals surface area (Å²) in [4.78, 5) is 24.9. The Morgan fingerprint density at radius 3 is 2.19 bits per heavy atom. The lowest BCUT2D eigenvalue weighted by Gasteiger charge is -2.26. The Morgan fingerprint density at radius 2 is 1.69 bits per heavy atom. The normalized spacial score (nSPS) is 19.6. The van der Waals surface area contributed by atoms with Crippen molar-refractivity contribution >= 4 is 11.9 Å². The number of imide groups is 1. The van der Waals surface area contributed by atoms with E-state index in [-0.39, 0.29) is 11.9 Å². The van der Waals surface area contributed by atoms with Crippen LogP contribution < -0.4 is 10.6 Å². The fourth-order valence-electron chi connectivity index (χ4n) is 1.93. The predicted octanol–water partition coefficient (Wildman–Crippen LogP) is 0.706. The third kappa shape index (κ3) is 3.81. The van der Waals surface area contributed by atoms with E-state index in [1.807, 2.05) is 6.92 Å². The molecule has 1 heterocycles.